The molecule has 1 amide bonds. The second kappa shape index (κ2) is 6.40. The molecule has 1 rings (SSSR count). The molecule has 0 bridgehead atoms. The van der Waals surface area contributed by atoms with Crippen molar-refractivity contribution in [3.63, 3.8) is 0 Å². The van der Waals surface area contributed by atoms with Crippen molar-refractivity contribution in [3.05, 3.63) is 35.4 Å². The Hall–Kier alpha value is -2.06. The molecule has 2 atom stereocenters. The third-order valence-corrected chi connectivity index (χ3v) is 2.60. The smallest absolute Gasteiger partial charge is 0.407 e. The van der Waals surface area contributed by atoms with E-state index >= 15 is 0 Å². The maximum Gasteiger partial charge on any atom is 0.407 e. The van der Waals surface area contributed by atoms with Gasteiger partial charge in [-0.1, -0.05) is 12.1 Å². The Morgan fingerprint density at radius 2 is 1.90 bits per heavy atom. The number of hydrogen-bond donors (Lipinski definition) is 2. The fourth-order valence-corrected chi connectivity index (χ4v) is 1.62. The number of hydrogen-bond acceptors (Lipinski definition) is 4. The summed E-state index contributed by atoms with van der Waals surface area (Å²) < 4.78 is 5.13. The van der Waals surface area contributed by atoms with Gasteiger partial charge in [0.1, 0.15) is 5.60 Å². The van der Waals surface area contributed by atoms with Crippen molar-refractivity contribution in [2.24, 2.45) is 0 Å². The van der Waals surface area contributed by atoms with Gasteiger partial charge in [0.15, 0.2) is 0 Å². The number of nitrogens with zero attached hydrogens (tertiary/aromatic N) is 1. The summed E-state index contributed by atoms with van der Waals surface area (Å²) in [7, 11) is 0. The maximum absolute atomic E-state index is 11.6. The van der Waals surface area contributed by atoms with Gasteiger partial charge >= 0.3 is 6.09 Å². The molecule has 1 aromatic rings. The zero-order chi connectivity index (χ0) is 15.3. The van der Waals surface area contributed by atoms with Crippen LogP contribution in [0.4, 0.5) is 4.79 Å². The number of alkyl carbamates (subject to hydrolysis) is 1. The summed E-state index contributed by atoms with van der Waals surface area (Å²) in [5.74, 6) is 0. The highest BCUT2D eigenvalue weighted by molar-refractivity contribution is 5.68. The summed E-state index contributed by atoms with van der Waals surface area (Å²) in [4.78, 5) is 11.6. The first kappa shape index (κ1) is 16.0. The van der Waals surface area contributed by atoms with Crippen LogP contribution in [0.2, 0.25) is 0 Å². The van der Waals surface area contributed by atoms with Gasteiger partial charge in [0.05, 0.1) is 23.8 Å². The number of nitrogens with one attached hydrogen (secondary N) is 1. The molecule has 0 fully saturated rings. The highest BCUT2D eigenvalue weighted by Crippen LogP contribution is 2.18. The van der Waals surface area contributed by atoms with Gasteiger partial charge in [-0.25, -0.2) is 4.79 Å². The van der Waals surface area contributed by atoms with Crippen LogP contribution in [0.25, 0.3) is 0 Å². The molecule has 2 N–H and O–H groups in total. The summed E-state index contributed by atoms with van der Waals surface area (Å²) in [6, 6.07) is 8.08. The lowest BCUT2D eigenvalue weighted by molar-refractivity contribution is 0.0436. The van der Waals surface area contributed by atoms with Crippen molar-refractivity contribution in [3.8, 4) is 6.07 Å². The van der Waals surface area contributed by atoms with E-state index in [9.17, 15) is 9.90 Å². The molecular weight excluding hydrogens is 256 g/mol. The van der Waals surface area contributed by atoms with Gasteiger partial charge in [-0.3, -0.25) is 0 Å². The van der Waals surface area contributed by atoms with E-state index in [1.165, 1.54) is 0 Å². The Labute approximate surface area is 119 Å². The minimum Gasteiger partial charge on any atom is -0.444 e. The minimum absolute atomic E-state index is 0.502. The van der Waals surface area contributed by atoms with Gasteiger partial charge in [-0.2, -0.15) is 5.26 Å². The molecule has 0 heterocycles. The Balaban J connectivity index is 2.64. The molecule has 0 radical (unpaired) electrons. The van der Waals surface area contributed by atoms with E-state index in [2.05, 4.69) is 5.32 Å². The van der Waals surface area contributed by atoms with Crippen LogP contribution in [-0.2, 0) is 4.74 Å². The third kappa shape index (κ3) is 4.90. The number of carbonyl (C=O) groups excluding carboxylic acids is 1. The van der Waals surface area contributed by atoms with Crippen LogP contribution in [0.1, 0.15) is 44.9 Å². The number of amides is 1. The number of carbonyl (C=O) groups is 1. The summed E-state index contributed by atoms with van der Waals surface area (Å²) in [6.45, 7) is 7.00. The summed E-state index contributed by atoms with van der Waals surface area (Å²) >= 11 is 0. The van der Waals surface area contributed by atoms with Gasteiger partial charge in [0.2, 0.25) is 0 Å². The molecular formula is C15H20N2O3. The lowest BCUT2D eigenvalue weighted by Gasteiger charge is -2.24. The number of rotatable bonds is 3. The third-order valence-electron chi connectivity index (χ3n) is 2.60. The number of ether oxygens (including phenoxy) is 1. The Kier molecular flexibility index (Phi) is 5.12. The van der Waals surface area contributed by atoms with Crippen LogP contribution in [0, 0.1) is 11.3 Å². The van der Waals surface area contributed by atoms with Crippen LogP contribution in [0.5, 0.6) is 0 Å². The van der Waals surface area contributed by atoms with E-state index < -0.39 is 23.8 Å². The molecule has 1 aromatic carbocycles. The molecule has 5 nitrogen and oxygen atoms in total. The van der Waals surface area contributed by atoms with E-state index in [1.807, 2.05) is 6.07 Å². The van der Waals surface area contributed by atoms with E-state index in [-0.39, 0.29) is 0 Å². The first-order valence-electron chi connectivity index (χ1n) is 6.40. The van der Waals surface area contributed by atoms with Crippen LogP contribution in [0.15, 0.2) is 24.3 Å². The first-order valence-corrected chi connectivity index (χ1v) is 6.40. The highest BCUT2D eigenvalue weighted by Gasteiger charge is 2.22. The predicted molar refractivity (Wildman–Crippen MR) is 74.9 cm³/mol. The van der Waals surface area contributed by atoms with Crippen molar-refractivity contribution in [1.82, 2.24) is 5.32 Å². The van der Waals surface area contributed by atoms with Crippen LogP contribution in [-0.4, -0.2) is 22.8 Å². The zero-order valence-corrected chi connectivity index (χ0v) is 12.2. The first-order chi connectivity index (χ1) is 9.23. The van der Waals surface area contributed by atoms with Crippen molar-refractivity contribution >= 4 is 6.09 Å². The molecule has 0 saturated heterocycles. The van der Waals surface area contributed by atoms with Crippen molar-refractivity contribution in [2.75, 3.05) is 0 Å². The molecule has 0 aliphatic carbocycles. The standard InChI is InChI=1S/C15H20N2O3/c1-10(17-14(19)20-15(2,3)4)13(18)12-7-5-11(9-16)6-8-12/h5-8,10,13,18H,1-4H3,(H,17,19)/t10-,13-/m0/s1. The summed E-state index contributed by atoms with van der Waals surface area (Å²) in [5.41, 5.74) is 0.574. The van der Waals surface area contributed by atoms with E-state index in [4.69, 9.17) is 10.00 Å². The molecule has 20 heavy (non-hydrogen) atoms. The minimum atomic E-state index is -0.865. The number of aliphatic hydroxyl groups excluding tert-OH is 1. The van der Waals surface area contributed by atoms with Crippen LogP contribution >= 0.6 is 0 Å². The van der Waals surface area contributed by atoms with E-state index in [1.54, 1.807) is 52.0 Å². The van der Waals surface area contributed by atoms with Crippen LogP contribution < -0.4 is 5.32 Å². The van der Waals surface area contributed by atoms with E-state index in [0.29, 0.717) is 11.1 Å². The van der Waals surface area contributed by atoms with Gasteiger partial charge in [0.25, 0.3) is 0 Å². The molecule has 0 spiro atoms. The normalized spacial score (nSPS) is 14.0. The SMILES string of the molecule is C[C@H](NC(=O)OC(C)(C)C)[C@H](O)c1ccc(C#N)cc1. The molecule has 5 heteroatoms. The van der Waals surface area contributed by atoms with Gasteiger partial charge < -0.3 is 15.2 Å². The predicted octanol–water partition coefficient (Wildman–Crippen LogP) is 2.50. The van der Waals surface area contributed by atoms with Gasteiger partial charge in [-0.05, 0) is 45.4 Å². The fraction of sp³-hybridized carbons (Fsp3) is 0.467. The number of nitriles is 1. The van der Waals surface area contributed by atoms with E-state index in [0.717, 1.165) is 0 Å². The molecule has 108 valence electrons. The topological polar surface area (TPSA) is 82.3 Å². The molecule has 0 aliphatic rings. The second-order valence-electron chi connectivity index (χ2n) is 5.61. The number of benzene rings is 1. The zero-order valence-electron chi connectivity index (χ0n) is 12.2. The van der Waals surface area contributed by atoms with Crippen molar-refractivity contribution < 1.29 is 14.6 Å². The lowest BCUT2D eigenvalue weighted by Crippen LogP contribution is -2.40. The lowest BCUT2D eigenvalue weighted by atomic mass is 10.0. The molecule has 0 aliphatic heterocycles. The Bertz CT molecular complexity index is 497. The molecule has 0 aromatic heterocycles. The second-order valence-corrected chi connectivity index (χ2v) is 5.61. The summed E-state index contributed by atoms with van der Waals surface area (Å²) in [6.07, 6.45) is -1.44. The average molecular weight is 276 g/mol. The van der Waals surface area contributed by atoms with Gasteiger partial charge in [0, 0.05) is 0 Å². The quantitative estimate of drug-likeness (QED) is 0.888. The maximum atomic E-state index is 11.6. The highest BCUT2D eigenvalue weighted by atomic mass is 16.6. The fourth-order valence-electron chi connectivity index (χ4n) is 1.62. The van der Waals surface area contributed by atoms with Crippen molar-refractivity contribution in [1.29, 1.82) is 5.26 Å². The Morgan fingerprint density at radius 1 is 1.35 bits per heavy atom. The summed E-state index contributed by atoms with van der Waals surface area (Å²) in [5, 5.41) is 21.5. The van der Waals surface area contributed by atoms with Crippen molar-refractivity contribution in [2.45, 2.75) is 45.4 Å². The monoisotopic (exact) mass is 276 g/mol. The molecule has 0 saturated carbocycles. The Morgan fingerprint density at radius 3 is 2.35 bits per heavy atom. The number of aliphatic hydroxyl groups is 1. The largest absolute Gasteiger partial charge is 0.444 e. The average Bonchev–Trinajstić information content (AvgIpc) is 2.35. The molecule has 0 unspecified atom stereocenters. The van der Waals surface area contributed by atoms with Crippen LogP contribution in [0.3, 0.4) is 0 Å². The van der Waals surface area contributed by atoms with Gasteiger partial charge in [-0.15, -0.1) is 0 Å².